The van der Waals surface area contributed by atoms with Crippen molar-refractivity contribution < 1.29 is 19.1 Å². The van der Waals surface area contributed by atoms with Crippen LogP contribution in [-0.2, 0) is 19.1 Å². The molecule has 6 heteroatoms. The number of hydrogen-bond acceptors (Lipinski definition) is 5. The van der Waals surface area contributed by atoms with E-state index >= 15 is 0 Å². The number of carbonyl (C=O) groups is 2. The first kappa shape index (κ1) is 14.5. The van der Waals surface area contributed by atoms with Crippen LogP contribution < -0.4 is 5.32 Å². The number of amides is 1. The fraction of sp³-hybridized carbons (Fsp3) is 0.750. The summed E-state index contributed by atoms with van der Waals surface area (Å²) in [5.74, 6) is -1.18. The average Bonchev–Trinajstić information content (AvgIpc) is 2.90. The van der Waals surface area contributed by atoms with Gasteiger partial charge < -0.3 is 14.8 Å². The van der Waals surface area contributed by atoms with Crippen LogP contribution in [0.1, 0.15) is 26.2 Å². The predicted octanol–water partition coefficient (Wildman–Crippen LogP) is 0.373. The Labute approximate surface area is 106 Å². The van der Waals surface area contributed by atoms with Gasteiger partial charge in [-0.1, -0.05) is 0 Å². The van der Waals surface area contributed by atoms with Crippen molar-refractivity contribution in [3.63, 3.8) is 0 Å². The molecule has 0 aromatic heterocycles. The first-order valence-corrected chi connectivity index (χ1v) is 5.98. The molecule has 1 aliphatic heterocycles. The molecule has 1 aliphatic rings. The maximum Gasteiger partial charge on any atom is 0.328 e. The first-order chi connectivity index (χ1) is 8.58. The first-order valence-electron chi connectivity index (χ1n) is 5.98. The molecule has 1 amide bonds. The van der Waals surface area contributed by atoms with Crippen LogP contribution in [0.2, 0.25) is 0 Å². The number of nitrogens with one attached hydrogen (secondary N) is 1. The minimum atomic E-state index is -0.790. The summed E-state index contributed by atoms with van der Waals surface area (Å²) < 4.78 is 9.85. The summed E-state index contributed by atoms with van der Waals surface area (Å²) in [6, 6.07) is 1.24. The molecule has 1 N–H and O–H groups in total. The van der Waals surface area contributed by atoms with E-state index in [4.69, 9.17) is 10.00 Å². The van der Waals surface area contributed by atoms with E-state index in [1.807, 2.05) is 6.07 Å². The van der Waals surface area contributed by atoms with Gasteiger partial charge in [0.2, 0.25) is 5.91 Å². The highest BCUT2D eigenvalue weighted by Gasteiger charge is 2.29. The molecule has 1 fully saturated rings. The number of rotatable bonds is 5. The second-order valence-electron chi connectivity index (χ2n) is 4.35. The van der Waals surface area contributed by atoms with Gasteiger partial charge in [-0.05, 0) is 26.2 Å². The Balaban J connectivity index is 2.57. The molecule has 0 spiro atoms. The lowest BCUT2D eigenvalue weighted by atomic mass is 10.0. The molecule has 0 aliphatic carbocycles. The Hall–Kier alpha value is -1.61. The zero-order chi connectivity index (χ0) is 13.5. The molecule has 0 radical (unpaired) electrons. The Kier molecular flexibility index (Phi) is 5.59. The number of hydrogen-bond donors (Lipinski definition) is 1. The van der Waals surface area contributed by atoms with Crippen molar-refractivity contribution in [2.24, 2.45) is 5.92 Å². The Bertz CT molecular complexity index is 344. The maximum atomic E-state index is 11.8. The molecule has 0 aromatic rings. The molecular formula is C12H18N2O4. The number of carbonyl (C=O) groups excluding carboxylic acids is 2. The lowest BCUT2D eigenvalue weighted by Crippen LogP contribution is -2.46. The summed E-state index contributed by atoms with van der Waals surface area (Å²) >= 11 is 0. The topological polar surface area (TPSA) is 88.4 Å². The van der Waals surface area contributed by atoms with Gasteiger partial charge in [-0.3, -0.25) is 4.79 Å². The Morgan fingerprint density at radius 2 is 2.33 bits per heavy atom. The largest absolute Gasteiger partial charge is 0.467 e. The van der Waals surface area contributed by atoms with Crippen LogP contribution in [0.25, 0.3) is 0 Å². The third kappa shape index (κ3) is 4.00. The van der Waals surface area contributed by atoms with Crippen molar-refractivity contribution in [1.29, 1.82) is 5.26 Å². The van der Waals surface area contributed by atoms with Crippen molar-refractivity contribution >= 4 is 11.9 Å². The molecule has 0 unspecified atom stereocenters. The highest BCUT2D eigenvalue weighted by Crippen LogP contribution is 2.13. The summed E-state index contributed by atoms with van der Waals surface area (Å²) in [6.45, 7) is 2.25. The Morgan fingerprint density at radius 1 is 1.61 bits per heavy atom. The van der Waals surface area contributed by atoms with E-state index in [9.17, 15) is 9.59 Å². The van der Waals surface area contributed by atoms with E-state index in [1.165, 1.54) is 7.11 Å². The quantitative estimate of drug-likeness (QED) is 0.716. The van der Waals surface area contributed by atoms with Gasteiger partial charge in [0.05, 0.1) is 13.2 Å². The van der Waals surface area contributed by atoms with Gasteiger partial charge in [0.15, 0.2) is 0 Å². The molecule has 18 heavy (non-hydrogen) atoms. The van der Waals surface area contributed by atoms with Crippen molar-refractivity contribution in [1.82, 2.24) is 5.32 Å². The Morgan fingerprint density at radius 3 is 2.83 bits per heavy atom. The molecule has 1 heterocycles. The summed E-state index contributed by atoms with van der Waals surface area (Å²) in [7, 11) is 1.25. The smallest absolute Gasteiger partial charge is 0.328 e. The highest BCUT2D eigenvalue weighted by atomic mass is 16.5. The standard InChI is InChI=1S/C12H18N2O4/c1-8(7-13)6-9(12(16)17-2)14-11(15)10-4-3-5-18-10/h8-10H,3-6H2,1-2H3,(H,14,15)/t8-,9-,10+/m0/s1. The summed E-state index contributed by atoms with van der Waals surface area (Å²) in [5.41, 5.74) is 0. The lowest BCUT2D eigenvalue weighted by Gasteiger charge is -2.19. The minimum absolute atomic E-state index is 0.238. The van der Waals surface area contributed by atoms with Crippen LogP contribution in [0.5, 0.6) is 0 Å². The van der Waals surface area contributed by atoms with Gasteiger partial charge in [-0.15, -0.1) is 0 Å². The molecule has 6 nitrogen and oxygen atoms in total. The summed E-state index contributed by atoms with van der Waals surface area (Å²) in [5, 5.41) is 11.3. The number of nitrogens with zero attached hydrogens (tertiary/aromatic N) is 1. The number of esters is 1. The van der Waals surface area contributed by atoms with Crippen LogP contribution in [0.4, 0.5) is 0 Å². The van der Waals surface area contributed by atoms with E-state index in [-0.39, 0.29) is 18.2 Å². The van der Waals surface area contributed by atoms with E-state index < -0.39 is 18.1 Å². The van der Waals surface area contributed by atoms with Crippen LogP contribution >= 0.6 is 0 Å². The van der Waals surface area contributed by atoms with Crippen LogP contribution in [0, 0.1) is 17.2 Å². The molecule has 1 saturated heterocycles. The zero-order valence-corrected chi connectivity index (χ0v) is 10.6. The molecular weight excluding hydrogens is 236 g/mol. The summed E-state index contributed by atoms with van der Waals surface area (Å²) in [6.07, 6.45) is 1.25. The van der Waals surface area contributed by atoms with E-state index in [0.717, 1.165) is 6.42 Å². The zero-order valence-electron chi connectivity index (χ0n) is 10.6. The molecule has 1 rings (SSSR count). The molecule has 0 saturated carbocycles. The lowest BCUT2D eigenvalue weighted by molar-refractivity contribution is -0.146. The predicted molar refractivity (Wildman–Crippen MR) is 62.3 cm³/mol. The van der Waals surface area contributed by atoms with Crippen molar-refractivity contribution in [3.05, 3.63) is 0 Å². The maximum absolute atomic E-state index is 11.8. The second kappa shape index (κ2) is 6.97. The molecule has 100 valence electrons. The van der Waals surface area contributed by atoms with Crippen molar-refractivity contribution in [2.45, 2.75) is 38.3 Å². The van der Waals surface area contributed by atoms with Crippen LogP contribution in [0.15, 0.2) is 0 Å². The van der Waals surface area contributed by atoms with Gasteiger partial charge in [-0.25, -0.2) is 4.79 Å². The van der Waals surface area contributed by atoms with Gasteiger partial charge in [0, 0.05) is 12.5 Å². The van der Waals surface area contributed by atoms with Crippen molar-refractivity contribution in [3.8, 4) is 6.07 Å². The van der Waals surface area contributed by atoms with Crippen LogP contribution in [0.3, 0.4) is 0 Å². The fourth-order valence-corrected chi connectivity index (χ4v) is 1.81. The minimum Gasteiger partial charge on any atom is -0.467 e. The number of methoxy groups -OCH3 is 1. The number of ether oxygens (including phenoxy) is 2. The van der Waals surface area contributed by atoms with Crippen molar-refractivity contribution in [2.75, 3.05) is 13.7 Å². The summed E-state index contributed by atoms with van der Waals surface area (Å²) in [4.78, 5) is 23.3. The number of nitriles is 1. The van der Waals surface area contributed by atoms with Gasteiger partial charge in [0.1, 0.15) is 12.1 Å². The van der Waals surface area contributed by atoms with Gasteiger partial charge >= 0.3 is 5.97 Å². The van der Waals surface area contributed by atoms with Crippen LogP contribution in [-0.4, -0.2) is 37.7 Å². The highest BCUT2D eigenvalue weighted by molar-refractivity contribution is 5.87. The third-order valence-corrected chi connectivity index (χ3v) is 2.83. The monoisotopic (exact) mass is 254 g/mol. The average molecular weight is 254 g/mol. The van der Waals surface area contributed by atoms with Gasteiger partial charge in [-0.2, -0.15) is 5.26 Å². The van der Waals surface area contributed by atoms with E-state index in [1.54, 1.807) is 6.92 Å². The van der Waals surface area contributed by atoms with E-state index in [0.29, 0.717) is 13.0 Å². The second-order valence-corrected chi connectivity index (χ2v) is 4.35. The molecule has 0 aromatic carbocycles. The fourth-order valence-electron chi connectivity index (χ4n) is 1.81. The molecule has 3 atom stereocenters. The van der Waals surface area contributed by atoms with Gasteiger partial charge in [0.25, 0.3) is 0 Å². The SMILES string of the molecule is COC(=O)[C@H](C[C@H](C)C#N)NC(=O)[C@H]1CCCO1. The normalized spacial score (nSPS) is 21.7. The molecule has 0 bridgehead atoms. The third-order valence-electron chi connectivity index (χ3n) is 2.83. The van der Waals surface area contributed by atoms with E-state index in [2.05, 4.69) is 10.1 Å².